The van der Waals surface area contributed by atoms with E-state index in [1.807, 2.05) is 6.07 Å². The topological polar surface area (TPSA) is 72.2 Å². The van der Waals surface area contributed by atoms with Crippen molar-refractivity contribution in [2.24, 2.45) is 0 Å². The monoisotopic (exact) mass is 374 g/mol. The lowest BCUT2D eigenvalue weighted by Gasteiger charge is -2.11. The second-order valence-electron chi connectivity index (χ2n) is 4.28. The van der Waals surface area contributed by atoms with Gasteiger partial charge in [0.15, 0.2) is 9.84 Å². The normalized spacial score (nSPS) is 11.3. The third-order valence-corrected chi connectivity index (χ3v) is 4.97. The first kappa shape index (κ1) is 15.2. The van der Waals surface area contributed by atoms with E-state index in [9.17, 15) is 8.42 Å². The second-order valence-corrected chi connectivity index (χ2v) is 7.55. The molecule has 0 saturated carbocycles. The van der Waals surface area contributed by atoms with E-state index >= 15 is 0 Å². The molecular weight excluding hydrogens is 364 g/mol. The van der Waals surface area contributed by atoms with E-state index in [-0.39, 0.29) is 4.90 Å². The van der Waals surface area contributed by atoms with Crippen LogP contribution in [0.25, 0.3) is 0 Å². The molecule has 3 N–H and O–H groups in total. The SMILES string of the molecule is CS(=O)(=O)c1ccc(Nc2ccc(Cl)c(Br)c2)c(N)c1. The van der Waals surface area contributed by atoms with Crippen LogP contribution in [0.2, 0.25) is 5.02 Å². The van der Waals surface area contributed by atoms with Gasteiger partial charge in [0.2, 0.25) is 0 Å². The average molecular weight is 376 g/mol. The molecule has 0 aliphatic rings. The summed E-state index contributed by atoms with van der Waals surface area (Å²) in [6.45, 7) is 0. The van der Waals surface area contributed by atoms with Crippen LogP contribution in [0.4, 0.5) is 17.1 Å². The van der Waals surface area contributed by atoms with E-state index in [2.05, 4.69) is 21.2 Å². The molecule has 0 aliphatic heterocycles. The molecule has 2 aromatic rings. The molecule has 0 aliphatic carbocycles. The minimum Gasteiger partial charge on any atom is -0.397 e. The summed E-state index contributed by atoms with van der Waals surface area (Å²) in [4.78, 5) is 0.192. The highest BCUT2D eigenvalue weighted by Gasteiger charge is 2.10. The van der Waals surface area contributed by atoms with Gasteiger partial charge in [-0.3, -0.25) is 0 Å². The molecular formula is C13H12BrClN2O2S. The van der Waals surface area contributed by atoms with Gasteiger partial charge in [0.1, 0.15) is 0 Å². The Balaban J connectivity index is 2.32. The maximum Gasteiger partial charge on any atom is 0.175 e. The predicted molar refractivity (Wildman–Crippen MR) is 86.4 cm³/mol. The number of sulfone groups is 1. The number of benzene rings is 2. The van der Waals surface area contributed by atoms with E-state index in [1.165, 1.54) is 12.1 Å². The van der Waals surface area contributed by atoms with Crippen molar-refractivity contribution in [2.75, 3.05) is 17.3 Å². The summed E-state index contributed by atoms with van der Waals surface area (Å²) in [6, 6.07) is 9.94. The van der Waals surface area contributed by atoms with Crippen molar-refractivity contribution in [1.29, 1.82) is 0 Å². The molecule has 0 aromatic heterocycles. The van der Waals surface area contributed by atoms with E-state index in [0.717, 1.165) is 16.4 Å². The number of anilines is 3. The number of nitrogen functional groups attached to an aromatic ring is 1. The van der Waals surface area contributed by atoms with Crippen molar-refractivity contribution in [1.82, 2.24) is 0 Å². The Kier molecular flexibility index (Phi) is 4.27. The minimum absolute atomic E-state index is 0.192. The van der Waals surface area contributed by atoms with Crippen LogP contribution in [-0.4, -0.2) is 14.7 Å². The Hall–Kier alpha value is -1.24. The summed E-state index contributed by atoms with van der Waals surface area (Å²) >= 11 is 9.25. The summed E-state index contributed by atoms with van der Waals surface area (Å²) < 4.78 is 23.6. The molecule has 0 saturated heterocycles. The van der Waals surface area contributed by atoms with Crippen molar-refractivity contribution in [2.45, 2.75) is 4.90 Å². The molecule has 0 radical (unpaired) electrons. The summed E-state index contributed by atoms with van der Waals surface area (Å²) in [5, 5.41) is 3.72. The van der Waals surface area contributed by atoms with Crippen molar-refractivity contribution >= 4 is 54.4 Å². The van der Waals surface area contributed by atoms with Gasteiger partial charge in [-0.1, -0.05) is 11.6 Å². The maximum absolute atomic E-state index is 11.4. The van der Waals surface area contributed by atoms with Crippen LogP contribution in [0.5, 0.6) is 0 Å². The van der Waals surface area contributed by atoms with E-state index in [1.54, 1.807) is 18.2 Å². The van der Waals surface area contributed by atoms with Crippen LogP contribution in [0, 0.1) is 0 Å². The molecule has 20 heavy (non-hydrogen) atoms. The lowest BCUT2D eigenvalue weighted by Crippen LogP contribution is -2.01. The Labute approximate surface area is 131 Å². The zero-order valence-electron chi connectivity index (χ0n) is 10.5. The van der Waals surface area contributed by atoms with Gasteiger partial charge in [0.05, 0.1) is 21.3 Å². The highest BCUT2D eigenvalue weighted by molar-refractivity contribution is 9.10. The van der Waals surface area contributed by atoms with Crippen LogP contribution in [0.1, 0.15) is 0 Å². The highest BCUT2D eigenvalue weighted by Crippen LogP contribution is 2.30. The van der Waals surface area contributed by atoms with Gasteiger partial charge < -0.3 is 11.1 Å². The number of nitrogens with one attached hydrogen (secondary N) is 1. The van der Waals surface area contributed by atoms with Crippen LogP contribution in [-0.2, 0) is 9.84 Å². The molecule has 2 rings (SSSR count). The lowest BCUT2D eigenvalue weighted by molar-refractivity contribution is 0.602. The number of halogens is 2. The first-order valence-corrected chi connectivity index (χ1v) is 8.65. The first-order valence-electron chi connectivity index (χ1n) is 5.59. The average Bonchev–Trinajstić information content (AvgIpc) is 2.35. The first-order chi connectivity index (χ1) is 9.27. The number of hydrogen-bond donors (Lipinski definition) is 2. The summed E-state index contributed by atoms with van der Waals surface area (Å²) in [7, 11) is -3.26. The zero-order valence-corrected chi connectivity index (χ0v) is 13.7. The van der Waals surface area contributed by atoms with Crippen LogP contribution < -0.4 is 11.1 Å². The summed E-state index contributed by atoms with van der Waals surface area (Å²) in [5.41, 5.74) is 7.65. The molecule has 2 aromatic carbocycles. The van der Waals surface area contributed by atoms with Crippen LogP contribution in [0.3, 0.4) is 0 Å². The fourth-order valence-corrected chi connectivity index (χ4v) is 2.77. The highest BCUT2D eigenvalue weighted by atomic mass is 79.9. The minimum atomic E-state index is -3.26. The molecule has 0 amide bonds. The molecule has 0 spiro atoms. The fraction of sp³-hybridized carbons (Fsp3) is 0.0769. The largest absolute Gasteiger partial charge is 0.397 e. The molecule has 0 heterocycles. The molecule has 0 unspecified atom stereocenters. The Morgan fingerprint density at radius 3 is 2.45 bits per heavy atom. The van der Waals surface area contributed by atoms with Gasteiger partial charge in [0.25, 0.3) is 0 Å². The van der Waals surface area contributed by atoms with Gasteiger partial charge in [-0.25, -0.2) is 8.42 Å². The van der Waals surface area contributed by atoms with Crippen molar-refractivity contribution in [3.8, 4) is 0 Å². The molecule has 106 valence electrons. The standard InChI is InChI=1S/C13H12BrClN2O2S/c1-20(18,19)9-3-5-13(12(16)7-9)17-8-2-4-11(15)10(14)6-8/h2-7,17H,16H2,1H3. The Morgan fingerprint density at radius 1 is 1.20 bits per heavy atom. The molecule has 0 fully saturated rings. The number of hydrogen-bond acceptors (Lipinski definition) is 4. The van der Waals surface area contributed by atoms with Gasteiger partial charge in [-0.2, -0.15) is 0 Å². The van der Waals surface area contributed by atoms with Crippen molar-refractivity contribution in [3.05, 3.63) is 45.9 Å². The molecule has 4 nitrogen and oxygen atoms in total. The Morgan fingerprint density at radius 2 is 1.90 bits per heavy atom. The smallest absolute Gasteiger partial charge is 0.175 e. The number of rotatable bonds is 3. The van der Waals surface area contributed by atoms with Crippen molar-refractivity contribution in [3.63, 3.8) is 0 Å². The zero-order chi connectivity index (χ0) is 14.9. The van der Waals surface area contributed by atoms with E-state index in [0.29, 0.717) is 16.4 Å². The van der Waals surface area contributed by atoms with Crippen LogP contribution >= 0.6 is 27.5 Å². The third-order valence-electron chi connectivity index (χ3n) is 2.65. The van der Waals surface area contributed by atoms with Gasteiger partial charge in [-0.15, -0.1) is 0 Å². The third kappa shape index (κ3) is 3.45. The second kappa shape index (κ2) is 5.63. The Bertz CT molecular complexity index is 763. The molecule has 0 bridgehead atoms. The van der Waals surface area contributed by atoms with Gasteiger partial charge in [-0.05, 0) is 52.3 Å². The lowest BCUT2D eigenvalue weighted by atomic mass is 10.2. The fourth-order valence-electron chi connectivity index (χ4n) is 1.61. The predicted octanol–water partition coefficient (Wildman–Crippen LogP) is 3.83. The molecule has 7 heteroatoms. The summed E-state index contributed by atoms with van der Waals surface area (Å²) in [5.74, 6) is 0. The quantitative estimate of drug-likeness (QED) is 0.800. The number of nitrogens with two attached hydrogens (primary N) is 1. The maximum atomic E-state index is 11.4. The molecule has 0 atom stereocenters. The van der Waals surface area contributed by atoms with E-state index < -0.39 is 9.84 Å². The van der Waals surface area contributed by atoms with E-state index in [4.69, 9.17) is 17.3 Å². The van der Waals surface area contributed by atoms with Crippen LogP contribution in [0.15, 0.2) is 45.8 Å². The van der Waals surface area contributed by atoms with Gasteiger partial charge in [0, 0.05) is 16.4 Å². The van der Waals surface area contributed by atoms with Gasteiger partial charge >= 0.3 is 0 Å². The van der Waals surface area contributed by atoms with Crippen molar-refractivity contribution < 1.29 is 8.42 Å². The summed E-state index contributed by atoms with van der Waals surface area (Å²) in [6.07, 6.45) is 1.14.